The fourth-order valence-electron chi connectivity index (χ4n) is 2.44. The number of nitrogens with one attached hydrogen (secondary N) is 2. The molecule has 28 heavy (non-hydrogen) atoms. The summed E-state index contributed by atoms with van der Waals surface area (Å²) in [6.45, 7) is 0. The van der Waals surface area contributed by atoms with Gasteiger partial charge in [0.25, 0.3) is 0 Å². The topological polar surface area (TPSA) is 108 Å². The summed E-state index contributed by atoms with van der Waals surface area (Å²) in [5, 5.41) is 13.6. The molecule has 2 heterocycles. The number of carbonyl (C=O) groups is 2. The molecule has 2 aliphatic heterocycles. The predicted octanol–water partition coefficient (Wildman–Crippen LogP) is 3.53. The first-order valence-electron chi connectivity index (χ1n) is 8.41. The number of hydrogen-bond acceptors (Lipinski definition) is 6. The van der Waals surface area contributed by atoms with Crippen molar-refractivity contribution in [2.45, 2.75) is 0 Å². The summed E-state index contributed by atoms with van der Waals surface area (Å²) >= 11 is 0. The van der Waals surface area contributed by atoms with Gasteiger partial charge >= 0.3 is 0 Å². The van der Waals surface area contributed by atoms with Gasteiger partial charge in [0.05, 0.1) is 22.7 Å². The van der Waals surface area contributed by atoms with E-state index in [9.17, 15) is 9.59 Å². The fraction of sp³-hybridized carbons (Fsp3) is 0. The molecule has 8 nitrogen and oxygen atoms in total. The Bertz CT molecular complexity index is 989. The van der Waals surface area contributed by atoms with E-state index in [2.05, 4.69) is 30.8 Å². The van der Waals surface area contributed by atoms with Crippen molar-refractivity contribution < 1.29 is 9.59 Å². The van der Waals surface area contributed by atoms with E-state index in [1.807, 2.05) is 0 Å². The van der Waals surface area contributed by atoms with Crippen LogP contribution in [0.15, 0.2) is 93.0 Å². The van der Waals surface area contributed by atoms with Gasteiger partial charge in [0.1, 0.15) is 11.7 Å². The minimum Gasteiger partial charge on any atom is -0.307 e. The van der Waals surface area contributed by atoms with Crippen LogP contribution >= 0.6 is 0 Å². The van der Waals surface area contributed by atoms with Crippen molar-refractivity contribution in [2.75, 3.05) is 0 Å². The Morgan fingerprint density at radius 2 is 0.857 bits per heavy atom. The summed E-state index contributed by atoms with van der Waals surface area (Å²) in [7, 11) is 0. The van der Waals surface area contributed by atoms with Crippen LogP contribution in [0.5, 0.6) is 0 Å². The lowest BCUT2D eigenvalue weighted by atomic mass is 10.3. The lowest BCUT2D eigenvalue weighted by Crippen LogP contribution is -2.20. The zero-order valence-corrected chi connectivity index (χ0v) is 14.5. The van der Waals surface area contributed by atoms with Crippen LogP contribution < -0.4 is 10.6 Å². The first-order valence-corrected chi connectivity index (χ1v) is 8.41. The molecule has 0 unspecified atom stereocenters. The summed E-state index contributed by atoms with van der Waals surface area (Å²) < 4.78 is 0. The van der Waals surface area contributed by atoms with Gasteiger partial charge in [-0.25, -0.2) is 9.98 Å². The zero-order valence-electron chi connectivity index (χ0n) is 14.5. The smallest absolute Gasteiger partial charge is 0.249 e. The molecular weight excluding hydrogens is 356 g/mol. The highest BCUT2D eigenvalue weighted by Gasteiger charge is 2.08. The lowest BCUT2D eigenvalue weighted by molar-refractivity contribution is -0.115. The maximum absolute atomic E-state index is 11.1. The molecule has 2 N–H and O–H groups in total. The maximum Gasteiger partial charge on any atom is 0.249 e. The van der Waals surface area contributed by atoms with E-state index in [0.29, 0.717) is 34.4 Å². The van der Waals surface area contributed by atoms with E-state index in [1.165, 1.54) is 12.2 Å². The summed E-state index contributed by atoms with van der Waals surface area (Å²) in [5.74, 6) is 0.670. The molecular formula is C20H14N6O2. The third-order valence-electron chi connectivity index (χ3n) is 3.77. The molecule has 0 bridgehead atoms. The second-order valence-electron chi connectivity index (χ2n) is 5.87. The average molecular weight is 370 g/mol. The Morgan fingerprint density at radius 3 is 1.18 bits per heavy atom. The Balaban J connectivity index is 1.40. The zero-order chi connectivity index (χ0) is 19.3. The molecule has 136 valence electrons. The fourth-order valence-corrected chi connectivity index (χ4v) is 2.44. The van der Waals surface area contributed by atoms with Gasteiger partial charge in [-0.1, -0.05) is 0 Å². The minimum absolute atomic E-state index is 0.175. The van der Waals surface area contributed by atoms with Gasteiger partial charge in [0, 0.05) is 12.2 Å². The standard InChI is InChI=1S/C20H14N6O2/c27-19-11-9-17(23-19)21-13-1-5-15(6-2-13)25-26-16-7-3-14(4-8-16)22-18-10-12-20(28)24-18/h1-12H,(H,21,23,27)(H,22,24,28). The van der Waals surface area contributed by atoms with E-state index in [-0.39, 0.29) is 11.8 Å². The molecule has 8 heteroatoms. The lowest BCUT2D eigenvalue weighted by Gasteiger charge is -1.99. The first kappa shape index (κ1) is 17.2. The van der Waals surface area contributed by atoms with Crippen LogP contribution in [0.25, 0.3) is 0 Å². The van der Waals surface area contributed by atoms with Crippen molar-refractivity contribution in [3.8, 4) is 0 Å². The molecule has 2 amide bonds. The van der Waals surface area contributed by atoms with E-state index in [1.54, 1.807) is 60.7 Å². The molecule has 0 saturated carbocycles. The summed E-state index contributed by atoms with van der Waals surface area (Å²) in [5.41, 5.74) is 2.77. The number of rotatable bonds is 4. The Kier molecular flexibility index (Phi) is 4.67. The third-order valence-corrected chi connectivity index (χ3v) is 3.77. The molecule has 2 aromatic carbocycles. The second-order valence-corrected chi connectivity index (χ2v) is 5.87. The quantitative estimate of drug-likeness (QED) is 0.803. The average Bonchev–Trinajstić information content (AvgIpc) is 3.30. The number of amidine groups is 2. The third kappa shape index (κ3) is 4.31. The predicted molar refractivity (Wildman–Crippen MR) is 106 cm³/mol. The second kappa shape index (κ2) is 7.58. The molecule has 0 atom stereocenters. The highest BCUT2D eigenvalue weighted by Crippen LogP contribution is 2.23. The van der Waals surface area contributed by atoms with E-state index in [4.69, 9.17) is 0 Å². The van der Waals surface area contributed by atoms with Crippen molar-refractivity contribution >= 4 is 46.2 Å². The number of azo groups is 1. The van der Waals surface area contributed by atoms with Crippen LogP contribution in [-0.4, -0.2) is 23.5 Å². The van der Waals surface area contributed by atoms with Crippen molar-refractivity contribution in [1.29, 1.82) is 0 Å². The van der Waals surface area contributed by atoms with Crippen LogP contribution in [0.1, 0.15) is 0 Å². The summed E-state index contributed by atoms with van der Waals surface area (Å²) in [6, 6.07) is 14.3. The number of nitrogens with zero attached hydrogens (tertiary/aromatic N) is 4. The Hall–Kier alpha value is -4.20. The number of hydrogen-bond donors (Lipinski definition) is 2. The largest absolute Gasteiger partial charge is 0.307 e. The number of carbonyl (C=O) groups excluding carboxylic acids is 2. The molecule has 0 aliphatic carbocycles. The summed E-state index contributed by atoms with van der Waals surface area (Å²) in [4.78, 5) is 30.8. The van der Waals surface area contributed by atoms with Gasteiger partial charge in [0.15, 0.2) is 0 Å². The van der Waals surface area contributed by atoms with E-state index >= 15 is 0 Å². The van der Waals surface area contributed by atoms with Crippen LogP contribution in [0, 0.1) is 0 Å². The van der Waals surface area contributed by atoms with Gasteiger partial charge in [-0.05, 0) is 60.7 Å². The molecule has 0 aromatic heterocycles. The molecule has 2 aliphatic rings. The Labute approximate surface area is 160 Å². The number of amides is 2. The molecule has 4 rings (SSSR count). The van der Waals surface area contributed by atoms with Gasteiger partial charge in [0.2, 0.25) is 11.8 Å². The highest BCUT2D eigenvalue weighted by atomic mass is 16.2. The van der Waals surface area contributed by atoms with Gasteiger partial charge in [-0.2, -0.15) is 10.2 Å². The van der Waals surface area contributed by atoms with Crippen LogP contribution in [0.3, 0.4) is 0 Å². The van der Waals surface area contributed by atoms with E-state index < -0.39 is 0 Å². The highest BCUT2D eigenvalue weighted by molar-refractivity contribution is 6.16. The SMILES string of the molecule is O=C1C=CC(=Nc2ccc(N=Nc3ccc(N=C4C=CC(=O)N4)cc3)cc2)N1. The molecule has 0 fully saturated rings. The Morgan fingerprint density at radius 1 is 0.500 bits per heavy atom. The van der Waals surface area contributed by atoms with Crippen molar-refractivity contribution in [3.63, 3.8) is 0 Å². The van der Waals surface area contributed by atoms with Crippen molar-refractivity contribution in [1.82, 2.24) is 10.6 Å². The van der Waals surface area contributed by atoms with Gasteiger partial charge < -0.3 is 10.6 Å². The van der Waals surface area contributed by atoms with Crippen LogP contribution in [0.4, 0.5) is 22.7 Å². The van der Waals surface area contributed by atoms with Crippen molar-refractivity contribution in [3.05, 3.63) is 72.8 Å². The van der Waals surface area contributed by atoms with E-state index in [0.717, 1.165) is 0 Å². The molecule has 2 aromatic rings. The molecule has 0 saturated heterocycles. The first-order chi connectivity index (χ1) is 13.6. The minimum atomic E-state index is -0.175. The van der Waals surface area contributed by atoms with Crippen LogP contribution in [0.2, 0.25) is 0 Å². The molecule has 0 radical (unpaired) electrons. The maximum atomic E-state index is 11.1. The monoisotopic (exact) mass is 370 g/mol. The number of aliphatic imine (C=N–C) groups is 2. The normalized spacial score (nSPS) is 18.4. The van der Waals surface area contributed by atoms with Crippen LogP contribution in [-0.2, 0) is 9.59 Å². The van der Waals surface area contributed by atoms with Gasteiger partial charge in [-0.15, -0.1) is 0 Å². The number of benzene rings is 2. The van der Waals surface area contributed by atoms with Gasteiger partial charge in [-0.3, -0.25) is 9.59 Å². The van der Waals surface area contributed by atoms with Crippen molar-refractivity contribution in [2.24, 2.45) is 20.2 Å². The summed E-state index contributed by atoms with van der Waals surface area (Å²) in [6.07, 6.45) is 6.11. The molecule has 0 spiro atoms.